The number of rotatable bonds is 5. The van der Waals surface area contributed by atoms with Gasteiger partial charge in [-0.25, -0.2) is 8.78 Å². The summed E-state index contributed by atoms with van der Waals surface area (Å²) in [6, 6.07) is 8.41. The molecule has 10 heteroatoms. The van der Waals surface area contributed by atoms with Crippen molar-refractivity contribution in [3.05, 3.63) is 81.9 Å². The van der Waals surface area contributed by atoms with Crippen molar-refractivity contribution in [1.29, 1.82) is 0 Å². The number of halogens is 3. The minimum Gasteiger partial charge on any atom is -0.460 e. The van der Waals surface area contributed by atoms with E-state index in [1.807, 2.05) is 0 Å². The van der Waals surface area contributed by atoms with E-state index in [4.69, 9.17) is 26.3 Å². The summed E-state index contributed by atoms with van der Waals surface area (Å²) in [5.41, 5.74) is 5.51. The van der Waals surface area contributed by atoms with Crippen LogP contribution in [0.4, 0.5) is 8.78 Å². The predicted molar refractivity (Wildman–Crippen MR) is 91.6 cm³/mol. The van der Waals surface area contributed by atoms with Crippen LogP contribution in [-0.2, 0) is 29.6 Å². The summed E-state index contributed by atoms with van der Waals surface area (Å²) in [7, 11) is -4.50. The highest BCUT2D eigenvalue weighted by molar-refractivity contribution is 7.86. The zero-order chi connectivity index (χ0) is 19.8. The van der Waals surface area contributed by atoms with Crippen LogP contribution in [0.3, 0.4) is 0 Å². The van der Waals surface area contributed by atoms with Gasteiger partial charge in [0.05, 0.1) is 0 Å². The number of ketones is 1. The lowest BCUT2D eigenvalue weighted by Crippen LogP contribution is -2.16. The van der Waals surface area contributed by atoms with Crippen LogP contribution < -0.4 is 5.73 Å². The van der Waals surface area contributed by atoms with Gasteiger partial charge in [-0.3, -0.25) is 4.79 Å². The minimum absolute atomic E-state index is 0.388. The minimum atomic E-state index is -4.50. The SMILES string of the molecule is NC1=C(OS(=O)(=O)Cc2cc(F)ccc2F)C(=O)C(c2ccc(Cl)cc2)O1. The van der Waals surface area contributed by atoms with Crippen LogP contribution in [0.5, 0.6) is 0 Å². The fourth-order valence-corrected chi connectivity index (χ4v) is 3.62. The molecule has 0 bridgehead atoms. The van der Waals surface area contributed by atoms with Crippen molar-refractivity contribution in [3.8, 4) is 0 Å². The average Bonchev–Trinajstić information content (AvgIpc) is 2.86. The molecule has 1 aliphatic heterocycles. The molecule has 6 nitrogen and oxygen atoms in total. The fourth-order valence-electron chi connectivity index (χ4n) is 2.41. The number of carbonyl (C=O) groups excluding carboxylic acids is 1. The highest BCUT2D eigenvalue weighted by Crippen LogP contribution is 2.33. The lowest BCUT2D eigenvalue weighted by atomic mass is 10.1. The van der Waals surface area contributed by atoms with Crippen molar-refractivity contribution in [2.24, 2.45) is 5.73 Å². The van der Waals surface area contributed by atoms with E-state index in [0.717, 1.165) is 18.2 Å². The molecule has 1 aliphatic rings. The molecule has 0 aromatic heterocycles. The van der Waals surface area contributed by atoms with E-state index in [2.05, 4.69) is 0 Å². The Hall–Kier alpha value is -2.65. The van der Waals surface area contributed by atoms with Gasteiger partial charge in [-0.1, -0.05) is 23.7 Å². The molecule has 1 atom stereocenters. The lowest BCUT2D eigenvalue weighted by molar-refractivity contribution is -0.123. The monoisotopic (exact) mass is 415 g/mol. The summed E-state index contributed by atoms with van der Waals surface area (Å²) in [6.45, 7) is 0. The van der Waals surface area contributed by atoms with Gasteiger partial charge in [-0.15, -0.1) is 0 Å². The van der Waals surface area contributed by atoms with Crippen LogP contribution >= 0.6 is 11.6 Å². The number of carbonyl (C=O) groups is 1. The van der Waals surface area contributed by atoms with Gasteiger partial charge in [0, 0.05) is 16.1 Å². The summed E-state index contributed by atoms with van der Waals surface area (Å²) >= 11 is 5.78. The first-order chi connectivity index (χ1) is 12.7. The maximum absolute atomic E-state index is 13.7. The number of benzene rings is 2. The van der Waals surface area contributed by atoms with E-state index in [1.54, 1.807) is 0 Å². The molecule has 2 N–H and O–H groups in total. The van der Waals surface area contributed by atoms with E-state index in [0.29, 0.717) is 10.6 Å². The Balaban J connectivity index is 1.79. The smallest absolute Gasteiger partial charge is 0.313 e. The molecule has 0 spiro atoms. The molecule has 0 aliphatic carbocycles. The second-order valence-electron chi connectivity index (χ2n) is 5.63. The van der Waals surface area contributed by atoms with Gasteiger partial charge in [0.2, 0.25) is 17.4 Å². The van der Waals surface area contributed by atoms with Gasteiger partial charge < -0.3 is 14.7 Å². The normalized spacial score (nSPS) is 17.1. The maximum atomic E-state index is 13.7. The third-order valence-corrected chi connectivity index (χ3v) is 4.99. The van der Waals surface area contributed by atoms with Crippen molar-refractivity contribution >= 4 is 27.5 Å². The molecular formula is C17H12ClF2NO5S. The molecule has 142 valence electrons. The van der Waals surface area contributed by atoms with Gasteiger partial charge >= 0.3 is 10.1 Å². The Morgan fingerprint density at radius 2 is 1.81 bits per heavy atom. The molecule has 1 heterocycles. The average molecular weight is 416 g/mol. The first-order valence-corrected chi connectivity index (χ1v) is 9.44. The van der Waals surface area contributed by atoms with Gasteiger partial charge in [-0.2, -0.15) is 8.42 Å². The zero-order valence-corrected chi connectivity index (χ0v) is 15.1. The Bertz CT molecular complexity index is 1040. The van der Waals surface area contributed by atoms with Gasteiger partial charge in [0.15, 0.2) is 6.10 Å². The third-order valence-electron chi connectivity index (χ3n) is 3.65. The largest absolute Gasteiger partial charge is 0.460 e. The highest BCUT2D eigenvalue weighted by Gasteiger charge is 2.39. The summed E-state index contributed by atoms with van der Waals surface area (Å²) in [4.78, 5) is 12.4. The molecular weight excluding hydrogens is 404 g/mol. The number of hydrogen-bond donors (Lipinski definition) is 1. The first-order valence-electron chi connectivity index (χ1n) is 7.48. The number of hydrogen-bond acceptors (Lipinski definition) is 6. The number of ether oxygens (including phenoxy) is 1. The van der Waals surface area contributed by atoms with Gasteiger partial charge in [0.1, 0.15) is 17.4 Å². The van der Waals surface area contributed by atoms with Crippen molar-refractivity contribution < 1.29 is 30.9 Å². The van der Waals surface area contributed by atoms with Gasteiger partial charge in [0.25, 0.3) is 0 Å². The molecule has 0 saturated heterocycles. The zero-order valence-electron chi connectivity index (χ0n) is 13.5. The van der Waals surface area contributed by atoms with Crippen molar-refractivity contribution in [2.45, 2.75) is 11.9 Å². The molecule has 0 fully saturated rings. The second kappa shape index (κ2) is 7.16. The van der Waals surface area contributed by atoms with Crippen LogP contribution in [0.1, 0.15) is 17.2 Å². The van der Waals surface area contributed by atoms with E-state index in [9.17, 15) is 22.0 Å². The Labute approximate surface area is 158 Å². The van der Waals surface area contributed by atoms with Crippen LogP contribution in [0, 0.1) is 11.6 Å². The molecule has 2 aromatic rings. The van der Waals surface area contributed by atoms with Crippen molar-refractivity contribution in [3.63, 3.8) is 0 Å². The quantitative estimate of drug-likeness (QED) is 0.754. The van der Waals surface area contributed by atoms with E-state index < -0.39 is 56.6 Å². The second-order valence-corrected chi connectivity index (χ2v) is 7.64. The summed E-state index contributed by atoms with van der Waals surface area (Å²) in [6.07, 6.45) is -1.20. The topological polar surface area (TPSA) is 95.7 Å². The molecule has 0 saturated carbocycles. The lowest BCUT2D eigenvalue weighted by Gasteiger charge is -2.10. The Morgan fingerprint density at radius 3 is 2.48 bits per heavy atom. The fraction of sp³-hybridized carbons (Fsp3) is 0.118. The first kappa shape index (κ1) is 19.1. The van der Waals surface area contributed by atoms with Crippen LogP contribution in [-0.4, -0.2) is 14.2 Å². The number of Topliss-reactive ketones (excluding diaryl/α,β-unsaturated/α-hetero) is 1. The summed E-state index contributed by atoms with van der Waals surface area (Å²) in [5, 5.41) is 0.432. The predicted octanol–water partition coefficient (Wildman–Crippen LogP) is 2.93. The highest BCUT2D eigenvalue weighted by atomic mass is 35.5. The third kappa shape index (κ3) is 4.20. The molecule has 3 rings (SSSR count). The van der Waals surface area contributed by atoms with Crippen LogP contribution in [0.25, 0.3) is 0 Å². The van der Waals surface area contributed by atoms with Crippen LogP contribution in [0.2, 0.25) is 5.02 Å². The van der Waals surface area contributed by atoms with Crippen molar-refractivity contribution in [2.75, 3.05) is 0 Å². The Morgan fingerprint density at radius 1 is 1.15 bits per heavy atom. The van der Waals surface area contributed by atoms with E-state index in [1.165, 1.54) is 24.3 Å². The molecule has 0 amide bonds. The molecule has 2 aromatic carbocycles. The van der Waals surface area contributed by atoms with Crippen LogP contribution in [0.15, 0.2) is 54.1 Å². The van der Waals surface area contributed by atoms with E-state index in [-0.39, 0.29) is 0 Å². The molecule has 27 heavy (non-hydrogen) atoms. The van der Waals surface area contributed by atoms with Crippen molar-refractivity contribution in [1.82, 2.24) is 0 Å². The standard InChI is InChI=1S/C17H12ClF2NO5S/c18-11-3-1-9(2-4-11)15-14(22)16(17(21)25-15)26-27(23,24)8-10-7-12(19)5-6-13(10)20/h1-7,15H,8,21H2. The summed E-state index contributed by atoms with van der Waals surface area (Å²) in [5.74, 6) is -4.80. The van der Waals surface area contributed by atoms with Gasteiger partial charge in [-0.05, 0) is 30.3 Å². The Kier molecular flexibility index (Phi) is 5.07. The summed E-state index contributed by atoms with van der Waals surface area (Å²) < 4.78 is 61.1. The van der Waals surface area contributed by atoms with E-state index >= 15 is 0 Å². The molecule has 0 radical (unpaired) electrons. The molecule has 1 unspecified atom stereocenters. The maximum Gasteiger partial charge on any atom is 0.313 e. The number of nitrogens with two attached hydrogens (primary N) is 1.